The maximum absolute atomic E-state index is 12.9. The molecule has 168 valence electrons. The van der Waals surface area contributed by atoms with Crippen LogP contribution in [0.1, 0.15) is 51.2 Å². The van der Waals surface area contributed by atoms with E-state index < -0.39 is 0 Å². The van der Waals surface area contributed by atoms with Crippen molar-refractivity contribution in [2.45, 2.75) is 25.3 Å². The number of rotatable bonds is 6. The molecule has 33 heavy (non-hydrogen) atoms. The largest absolute Gasteiger partial charge is 0.467 e. The molecule has 1 aliphatic heterocycles. The summed E-state index contributed by atoms with van der Waals surface area (Å²) in [7, 11) is 0. The zero-order valence-electron chi connectivity index (χ0n) is 18.0. The molecule has 5 rings (SSSR count). The van der Waals surface area contributed by atoms with Crippen LogP contribution in [0.3, 0.4) is 0 Å². The molecule has 2 amide bonds. The molecule has 0 radical (unpaired) electrons. The number of piperidine rings is 1. The second-order valence-corrected chi connectivity index (χ2v) is 8.07. The van der Waals surface area contributed by atoms with Gasteiger partial charge >= 0.3 is 0 Å². The van der Waals surface area contributed by atoms with Crippen molar-refractivity contribution >= 4 is 11.8 Å². The van der Waals surface area contributed by atoms with Crippen molar-refractivity contribution in [2.75, 3.05) is 13.1 Å². The van der Waals surface area contributed by atoms with Crippen molar-refractivity contribution in [2.24, 2.45) is 0 Å². The van der Waals surface area contributed by atoms with Gasteiger partial charge in [-0.1, -0.05) is 30.3 Å². The smallest absolute Gasteiger partial charge is 0.272 e. The quantitative estimate of drug-likeness (QED) is 0.421. The van der Waals surface area contributed by atoms with E-state index in [-0.39, 0.29) is 17.7 Å². The Labute approximate surface area is 190 Å². The second kappa shape index (κ2) is 9.15. The summed E-state index contributed by atoms with van der Waals surface area (Å²) in [6, 6.07) is 16.9. The third kappa shape index (κ3) is 4.57. The first-order valence-electron chi connectivity index (χ1n) is 10.9. The molecular formula is C24H24N6O3. The van der Waals surface area contributed by atoms with E-state index in [2.05, 4.69) is 25.7 Å². The molecule has 0 saturated carbocycles. The molecule has 0 aliphatic carbocycles. The number of amides is 2. The lowest BCUT2D eigenvalue weighted by atomic mass is 9.93. The second-order valence-electron chi connectivity index (χ2n) is 8.07. The maximum atomic E-state index is 12.9. The van der Waals surface area contributed by atoms with Crippen LogP contribution >= 0.6 is 0 Å². The maximum Gasteiger partial charge on any atom is 0.272 e. The molecule has 0 atom stereocenters. The van der Waals surface area contributed by atoms with E-state index in [1.54, 1.807) is 30.5 Å². The van der Waals surface area contributed by atoms with E-state index >= 15 is 0 Å². The number of nitrogens with zero attached hydrogens (tertiary/aromatic N) is 3. The summed E-state index contributed by atoms with van der Waals surface area (Å²) < 4.78 is 5.22. The fraction of sp³-hybridized carbons (Fsp3) is 0.250. The first-order chi connectivity index (χ1) is 16.2. The van der Waals surface area contributed by atoms with E-state index in [1.807, 2.05) is 35.2 Å². The normalized spacial score (nSPS) is 14.4. The Bertz CT molecular complexity index is 1220. The average Bonchev–Trinajstić information content (AvgIpc) is 3.64. The molecule has 3 aromatic heterocycles. The fourth-order valence-corrected chi connectivity index (χ4v) is 4.09. The molecule has 1 fully saturated rings. The molecule has 1 aromatic carbocycles. The van der Waals surface area contributed by atoms with Crippen LogP contribution in [0.15, 0.2) is 65.3 Å². The van der Waals surface area contributed by atoms with Crippen LogP contribution in [-0.2, 0) is 6.54 Å². The van der Waals surface area contributed by atoms with Crippen LogP contribution in [-0.4, -0.2) is 50.2 Å². The van der Waals surface area contributed by atoms with Gasteiger partial charge in [0.1, 0.15) is 17.1 Å². The van der Waals surface area contributed by atoms with Gasteiger partial charge < -0.3 is 14.6 Å². The Balaban J connectivity index is 1.16. The van der Waals surface area contributed by atoms with Gasteiger partial charge in [0.2, 0.25) is 0 Å². The summed E-state index contributed by atoms with van der Waals surface area (Å²) in [5.41, 5.74) is 3.47. The first-order valence-corrected chi connectivity index (χ1v) is 10.9. The first kappa shape index (κ1) is 20.7. The third-order valence-electron chi connectivity index (χ3n) is 5.93. The lowest BCUT2D eigenvalue weighted by Gasteiger charge is -2.31. The molecule has 0 spiro atoms. The number of aromatic amines is 2. The molecule has 9 heteroatoms. The van der Waals surface area contributed by atoms with Gasteiger partial charge in [0.25, 0.3) is 11.8 Å². The van der Waals surface area contributed by atoms with Crippen LogP contribution in [0.25, 0.3) is 11.3 Å². The van der Waals surface area contributed by atoms with Crippen LogP contribution < -0.4 is 5.32 Å². The zero-order valence-corrected chi connectivity index (χ0v) is 18.0. The van der Waals surface area contributed by atoms with E-state index in [0.717, 1.165) is 29.8 Å². The number of likely N-dealkylation sites (tertiary alicyclic amines) is 1. The highest BCUT2D eigenvalue weighted by atomic mass is 16.3. The molecule has 4 heterocycles. The zero-order chi connectivity index (χ0) is 22.6. The summed E-state index contributed by atoms with van der Waals surface area (Å²) in [5.74, 6) is 0.597. The van der Waals surface area contributed by atoms with Gasteiger partial charge in [0.15, 0.2) is 0 Å². The van der Waals surface area contributed by atoms with Crippen molar-refractivity contribution in [3.8, 4) is 11.3 Å². The number of benzene rings is 1. The monoisotopic (exact) mass is 444 g/mol. The number of hydrogen-bond acceptors (Lipinski definition) is 5. The Morgan fingerprint density at radius 1 is 1.03 bits per heavy atom. The van der Waals surface area contributed by atoms with Gasteiger partial charge in [-0.3, -0.25) is 19.8 Å². The van der Waals surface area contributed by atoms with Gasteiger partial charge in [-0.25, -0.2) is 0 Å². The summed E-state index contributed by atoms with van der Waals surface area (Å²) in [4.78, 5) is 27.1. The number of carbonyl (C=O) groups excluding carboxylic acids is 2. The molecule has 1 saturated heterocycles. The van der Waals surface area contributed by atoms with Gasteiger partial charge in [-0.2, -0.15) is 10.2 Å². The minimum atomic E-state index is -0.255. The SMILES string of the molecule is O=C(NCc1ccco1)c1cc(C2CCN(C(=O)c3cc(-c4ccccc4)n[nH]3)CC2)[nH]n1. The summed E-state index contributed by atoms with van der Waals surface area (Å²) in [6.45, 7) is 1.57. The number of carbonyl (C=O) groups is 2. The number of aromatic nitrogens is 4. The predicted octanol–water partition coefficient (Wildman–Crippen LogP) is 3.34. The fourth-order valence-electron chi connectivity index (χ4n) is 4.09. The van der Waals surface area contributed by atoms with Crippen LogP contribution in [0.2, 0.25) is 0 Å². The van der Waals surface area contributed by atoms with E-state index in [4.69, 9.17) is 4.42 Å². The minimum Gasteiger partial charge on any atom is -0.467 e. The lowest BCUT2D eigenvalue weighted by Crippen LogP contribution is -2.38. The highest BCUT2D eigenvalue weighted by Crippen LogP contribution is 2.28. The highest BCUT2D eigenvalue weighted by molar-refractivity contribution is 5.93. The van der Waals surface area contributed by atoms with Crippen LogP contribution in [0.4, 0.5) is 0 Å². The number of furan rings is 1. The summed E-state index contributed by atoms with van der Waals surface area (Å²) in [6.07, 6.45) is 3.15. The van der Waals surface area contributed by atoms with Crippen molar-refractivity contribution in [1.29, 1.82) is 0 Å². The topological polar surface area (TPSA) is 120 Å². The van der Waals surface area contributed by atoms with Crippen LogP contribution in [0, 0.1) is 0 Å². The Morgan fingerprint density at radius 3 is 2.61 bits per heavy atom. The van der Waals surface area contributed by atoms with Crippen molar-refractivity contribution < 1.29 is 14.0 Å². The predicted molar refractivity (Wildman–Crippen MR) is 120 cm³/mol. The molecular weight excluding hydrogens is 420 g/mol. The average molecular weight is 444 g/mol. The summed E-state index contributed by atoms with van der Waals surface area (Å²) in [5, 5.41) is 17.1. The molecule has 9 nitrogen and oxygen atoms in total. The number of hydrogen-bond donors (Lipinski definition) is 3. The lowest BCUT2D eigenvalue weighted by molar-refractivity contribution is 0.0706. The van der Waals surface area contributed by atoms with Gasteiger partial charge in [-0.15, -0.1) is 0 Å². The van der Waals surface area contributed by atoms with Crippen molar-refractivity contribution in [3.05, 3.63) is 83.7 Å². The molecule has 0 unspecified atom stereocenters. The van der Waals surface area contributed by atoms with Crippen molar-refractivity contribution in [1.82, 2.24) is 30.6 Å². The van der Waals surface area contributed by atoms with Gasteiger partial charge in [-0.05, 0) is 37.1 Å². The Kier molecular flexibility index (Phi) is 5.75. The van der Waals surface area contributed by atoms with Crippen LogP contribution in [0.5, 0.6) is 0 Å². The van der Waals surface area contributed by atoms with E-state index in [0.29, 0.717) is 36.8 Å². The molecule has 4 aromatic rings. The van der Waals surface area contributed by atoms with Gasteiger partial charge in [0, 0.05) is 30.3 Å². The van der Waals surface area contributed by atoms with Crippen molar-refractivity contribution in [3.63, 3.8) is 0 Å². The Morgan fingerprint density at radius 2 is 1.85 bits per heavy atom. The summed E-state index contributed by atoms with van der Waals surface area (Å²) >= 11 is 0. The minimum absolute atomic E-state index is 0.0502. The highest BCUT2D eigenvalue weighted by Gasteiger charge is 2.27. The Hall–Kier alpha value is -4.14. The molecule has 3 N–H and O–H groups in total. The molecule has 1 aliphatic rings. The van der Waals surface area contributed by atoms with E-state index in [1.165, 1.54) is 0 Å². The number of nitrogens with one attached hydrogen (secondary N) is 3. The third-order valence-corrected chi connectivity index (χ3v) is 5.93. The van der Waals surface area contributed by atoms with E-state index in [9.17, 15) is 9.59 Å². The standard InChI is InChI=1S/C24H24N6O3/c31-23(25-15-18-7-4-12-33-18)21-13-19(26-28-21)17-8-10-30(11-9-17)24(32)22-14-20(27-29-22)16-5-2-1-3-6-16/h1-7,12-14,17H,8-11,15H2,(H,25,31)(H,26,28)(H,27,29). The number of H-pyrrole nitrogens is 2. The van der Waals surface area contributed by atoms with Gasteiger partial charge in [0.05, 0.1) is 18.5 Å². The molecule has 0 bridgehead atoms.